The Kier molecular flexibility index (Phi) is 10.1. The van der Waals surface area contributed by atoms with Crippen molar-refractivity contribution in [1.29, 1.82) is 0 Å². The first-order valence-corrected chi connectivity index (χ1v) is 17.1. The Balaban J connectivity index is 2.08. The quantitative estimate of drug-likeness (QED) is 0.152. The SMILES string of the molecule is Cc1ccccc1-c1cc(C#CCO[Si](C)(C)C(C)(C)C)ncc1N(C)C(=O)C(C)(C)c1cc(C(F)(F)F)cc(C(F)(F)F)c1. The van der Waals surface area contributed by atoms with Crippen molar-refractivity contribution >= 4 is 19.9 Å². The number of hydrogen-bond donors (Lipinski definition) is 0. The van der Waals surface area contributed by atoms with E-state index in [9.17, 15) is 31.1 Å². The van der Waals surface area contributed by atoms with Gasteiger partial charge in [0.1, 0.15) is 5.69 Å². The molecule has 0 bridgehead atoms. The predicted molar refractivity (Wildman–Crippen MR) is 167 cm³/mol. The molecule has 0 atom stereocenters. The van der Waals surface area contributed by atoms with Gasteiger partial charge in [-0.05, 0) is 85.8 Å². The van der Waals surface area contributed by atoms with Crippen molar-refractivity contribution in [2.45, 2.75) is 77.4 Å². The molecule has 242 valence electrons. The smallest absolute Gasteiger partial charge is 0.406 e. The number of nitrogens with zero attached hydrogens (tertiary/aromatic N) is 2. The van der Waals surface area contributed by atoms with Crippen LogP contribution < -0.4 is 4.90 Å². The van der Waals surface area contributed by atoms with Crippen LogP contribution in [0.25, 0.3) is 11.1 Å². The number of likely N-dealkylation sites (N-methyl/N-ethyl adjacent to an activating group) is 1. The Labute approximate surface area is 262 Å². The second-order valence-corrected chi connectivity index (χ2v) is 17.8. The predicted octanol–water partition coefficient (Wildman–Crippen LogP) is 9.41. The molecule has 3 aromatic rings. The van der Waals surface area contributed by atoms with Crippen molar-refractivity contribution in [2.75, 3.05) is 18.6 Å². The molecule has 0 fully saturated rings. The van der Waals surface area contributed by atoms with Gasteiger partial charge in [-0.2, -0.15) is 26.3 Å². The molecule has 3 rings (SSSR count). The largest absolute Gasteiger partial charge is 0.416 e. The van der Waals surface area contributed by atoms with E-state index in [1.165, 1.54) is 32.0 Å². The molecule has 2 aromatic carbocycles. The van der Waals surface area contributed by atoms with Crippen LogP contribution in [0.1, 0.15) is 62.6 Å². The summed E-state index contributed by atoms with van der Waals surface area (Å²) in [5, 5.41) is 0.0137. The molecule has 0 spiro atoms. The van der Waals surface area contributed by atoms with Crippen LogP contribution in [0, 0.1) is 18.8 Å². The Morgan fingerprint density at radius 2 is 1.40 bits per heavy atom. The minimum atomic E-state index is -5.05. The van der Waals surface area contributed by atoms with Crippen LogP contribution in [0.3, 0.4) is 0 Å². The van der Waals surface area contributed by atoms with E-state index in [0.29, 0.717) is 29.1 Å². The van der Waals surface area contributed by atoms with Crippen LogP contribution in [0.5, 0.6) is 0 Å². The fourth-order valence-electron chi connectivity index (χ4n) is 4.40. The maximum absolute atomic E-state index is 13.9. The molecule has 1 heterocycles. The second-order valence-electron chi connectivity index (χ2n) is 13.0. The summed E-state index contributed by atoms with van der Waals surface area (Å²) in [6.45, 7) is 15.3. The lowest BCUT2D eigenvalue weighted by atomic mass is 9.81. The van der Waals surface area contributed by atoms with Crippen LogP contribution in [-0.2, 0) is 27.0 Å². The Morgan fingerprint density at radius 1 is 0.867 bits per heavy atom. The number of aryl methyl sites for hydroxylation is 1. The van der Waals surface area contributed by atoms with Crippen molar-refractivity contribution in [2.24, 2.45) is 0 Å². The number of carbonyl (C=O) groups is 1. The van der Waals surface area contributed by atoms with Crippen LogP contribution in [-0.4, -0.2) is 32.9 Å². The summed E-state index contributed by atoms with van der Waals surface area (Å²) in [7, 11) is -0.600. The summed E-state index contributed by atoms with van der Waals surface area (Å²) in [4.78, 5) is 19.5. The third-order valence-corrected chi connectivity index (χ3v) is 12.8. The molecule has 0 saturated heterocycles. The number of halogens is 6. The summed E-state index contributed by atoms with van der Waals surface area (Å²) in [6.07, 6.45) is -8.66. The van der Waals surface area contributed by atoms with E-state index in [1.54, 1.807) is 6.07 Å². The number of aromatic nitrogens is 1. The van der Waals surface area contributed by atoms with Gasteiger partial charge in [0.05, 0.1) is 35.0 Å². The zero-order valence-corrected chi connectivity index (χ0v) is 27.9. The molecule has 0 aliphatic carbocycles. The van der Waals surface area contributed by atoms with Crippen LogP contribution >= 0.6 is 0 Å². The van der Waals surface area contributed by atoms with Gasteiger partial charge in [-0.25, -0.2) is 4.98 Å². The lowest BCUT2D eigenvalue weighted by Crippen LogP contribution is -2.42. The Morgan fingerprint density at radius 3 is 1.91 bits per heavy atom. The summed E-state index contributed by atoms with van der Waals surface area (Å²) < 4.78 is 87.7. The van der Waals surface area contributed by atoms with E-state index < -0.39 is 48.7 Å². The van der Waals surface area contributed by atoms with Gasteiger partial charge in [-0.1, -0.05) is 51.0 Å². The van der Waals surface area contributed by atoms with Gasteiger partial charge >= 0.3 is 12.4 Å². The third kappa shape index (κ3) is 8.16. The average molecular weight is 649 g/mol. The van der Waals surface area contributed by atoms with Gasteiger partial charge in [-0.3, -0.25) is 4.79 Å². The third-order valence-electron chi connectivity index (χ3n) is 8.36. The molecule has 4 nitrogen and oxygen atoms in total. The highest BCUT2D eigenvalue weighted by Gasteiger charge is 2.41. The molecule has 1 amide bonds. The highest BCUT2D eigenvalue weighted by molar-refractivity contribution is 6.74. The Bertz CT molecular complexity index is 1590. The van der Waals surface area contributed by atoms with Crippen LogP contribution in [0.15, 0.2) is 54.7 Å². The van der Waals surface area contributed by atoms with Crippen molar-refractivity contribution in [3.63, 3.8) is 0 Å². The van der Waals surface area contributed by atoms with Crippen molar-refractivity contribution < 1.29 is 35.6 Å². The number of alkyl halides is 6. The molecule has 1 aromatic heterocycles. The first-order chi connectivity index (χ1) is 20.5. The van der Waals surface area contributed by atoms with Gasteiger partial charge in [0, 0.05) is 12.6 Å². The first-order valence-electron chi connectivity index (χ1n) is 14.2. The molecule has 0 N–H and O–H groups in total. The molecule has 0 unspecified atom stereocenters. The number of carbonyl (C=O) groups excluding carboxylic acids is 1. The van der Waals surface area contributed by atoms with Gasteiger partial charge in [0.15, 0.2) is 8.32 Å². The molecule has 11 heteroatoms. The first kappa shape index (κ1) is 35.9. The fraction of sp³-hybridized carbons (Fsp3) is 0.412. The average Bonchev–Trinajstić information content (AvgIpc) is 2.93. The second kappa shape index (κ2) is 12.6. The number of rotatable bonds is 6. The normalized spacial score (nSPS) is 12.9. The van der Waals surface area contributed by atoms with E-state index in [0.717, 1.165) is 11.1 Å². The zero-order chi connectivity index (χ0) is 34.2. The van der Waals surface area contributed by atoms with E-state index in [2.05, 4.69) is 50.7 Å². The standard InChI is InChI=1S/C34H38F6N2O2Si/c1-22-13-10-11-15-27(22)28-20-26(14-12-16-44-45(8,9)31(2,3)4)41-21-29(28)42(7)30(43)32(5,6)23-17-24(33(35,36)37)19-25(18-23)34(38,39)40/h10-11,13,15,17-21H,16H2,1-9H3. The molecular formula is C34H38F6N2O2Si. The summed E-state index contributed by atoms with van der Waals surface area (Å²) in [6, 6.07) is 10.3. The number of anilines is 1. The summed E-state index contributed by atoms with van der Waals surface area (Å²) in [5.74, 6) is 5.29. The summed E-state index contributed by atoms with van der Waals surface area (Å²) >= 11 is 0. The summed E-state index contributed by atoms with van der Waals surface area (Å²) in [5.41, 5.74) is -2.25. The maximum Gasteiger partial charge on any atom is 0.416 e. The van der Waals surface area contributed by atoms with Crippen LogP contribution in [0.2, 0.25) is 18.1 Å². The van der Waals surface area contributed by atoms with Crippen molar-refractivity contribution in [1.82, 2.24) is 4.98 Å². The number of pyridine rings is 1. The highest BCUT2D eigenvalue weighted by Crippen LogP contribution is 2.41. The lowest BCUT2D eigenvalue weighted by Gasteiger charge is -2.35. The number of amides is 1. The highest BCUT2D eigenvalue weighted by atomic mass is 28.4. The molecule has 0 aliphatic rings. The molecule has 0 aliphatic heterocycles. The molecule has 0 saturated carbocycles. The van der Waals surface area contributed by atoms with Gasteiger partial charge in [-0.15, -0.1) is 0 Å². The zero-order valence-electron chi connectivity index (χ0n) is 26.9. The molecule has 0 radical (unpaired) electrons. The maximum atomic E-state index is 13.9. The number of benzene rings is 2. The van der Waals surface area contributed by atoms with Gasteiger partial charge < -0.3 is 9.33 Å². The van der Waals surface area contributed by atoms with E-state index in [1.807, 2.05) is 31.2 Å². The molecular weight excluding hydrogens is 610 g/mol. The fourth-order valence-corrected chi connectivity index (χ4v) is 5.27. The van der Waals surface area contributed by atoms with Gasteiger partial charge in [0.2, 0.25) is 5.91 Å². The minimum Gasteiger partial charge on any atom is -0.406 e. The van der Waals surface area contributed by atoms with Crippen LogP contribution in [0.4, 0.5) is 32.0 Å². The lowest BCUT2D eigenvalue weighted by molar-refractivity contribution is -0.143. The Hall–Kier alpha value is -3.62. The topological polar surface area (TPSA) is 42.4 Å². The monoisotopic (exact) mass is 648 g/mol. The van der Waals surface area contributed by atoms with E-state index in [4.69, 9.17) is 4.43 Å². The van der Waals surface area contributed by atoms with Gasteiger partial charge in [0.25, 0.3) is 0 Å². The minimum absolute atomic E-state index is 0.0137. The van der Waals surface area contributed by atoms with Crippen molar-refractivity contribution in [3.05, 3.63) is 82.7 Å². The van der Waals surface area contributed by atoms with E-state index in [-0.39, 0.29) is 17.7 Å². The number of hydrogen-bond acceptors (Lipinski definition) is 3. The van der Waals surface area contributed by atoms with Crippen molar-refractivity contribution in [3.8, 4) is 23.0 Å². The molecule has 45 heavy (non-hydrogen) atoms. The van der Waals surface area contributed by atoms with E-state index >= 15 is 0 Å².